The van der Waals surface area contributed by atoms with Crippen LogP contribution in [0.4, 0.5) is 0 Å². The van der Waals surface area contributed by atoms with Gasteiger partial charge in [-0.05, 0) is 63.2 Å². The molecule has 0 spiro atoms. The molecule has 2 aliphatic carbocycles. The van der Waals surface area contributed by atoms with Crippen LogP contribution in [0, 0.1) is 23.7 Å². The zero-order chi connectivity index (χ0) is 11.0. The van der Waals surface area contributed by atoms with Gasteiger partial charge < -0.3 is 0 Å². The number of hydrogen-bond acceptors (Lipinski definition) is 0. The Morgan fingerprint density at radius 3 is 2.73 bits per heavy atom. The van der Waals surface area contributed by atoms with Gasteiger partial charge in [0.05, 0.1) is 0 Å². The minimum Gasteiger partial charge on any atom is -0.0998 e. The second-order valence-electron chi connectivity index (χ2n) is 5.80. The van der Waals surface area contributed by atoms with E-state index in [0.717, 1.165) is 23.7 Å². The molecule has 0 aliphatic heterocycles. The van der Waals surface area contributed by atoms with E-state index in [2.05, 4.69) is 33.4 Å². The Morgan fingerprint density at radius 1 is 1.33 bits per heavy atom. The molecule has 4 atom stereocenters. The van der Waals surface area contributed by atoms with Crippen molar-refractivity contribution in [3.05, 3.63) is 23.8 Å². The lowest BCUT2D eigenvalue weighted by Crippen LogP contribution is -2.34. The van der Waals surface area contributed by atoms with E-state index in [4.69, 9.17) is 0 Å². The molecule has 0 heteroatoms. The van der Waals surface area contributed by atoms with Crippen molar-refractivity contribution in [1.82, 2.24) is 0 Å². The maximum absolute atomic E-state index is 4.19. The lowest BCUT2D eigenvalue weighted by molar-refractivity contribution is 0.135. The summed E-state index contributed by atoms with van der Waals surface area (Å²) >= 11 is 0. The van der Waals surface area contributed by atoms with Crippen molar-refractivity contribution in [2.24, 2.45) is 23.7 Å². The maximum Gasteiger partial charge on any atom is -0.0134 e. The van der Waals surface area contributed by atoms with Crippen molar-refractivity contribution in [1.29, 1.82) is 0 Å². The standard InChI is InChI=1S/C15H24/c1-10(2)13-8-6-12(4)14-7-5-11(3)9-15(13)14/h9,12-15H,1,5-8H2,2-4H3/t12?,13-,14-,15-/m1/s1. The Hall–Kier alpha value is -0.520. The minimum atomic E-state index is 0.765. The highest BCUT2D eigenvalue weighted by atomic mass is 14.4. The van der Waals surface area contributed by atoms with E-state index < -0.39 is 0 Å². The van der Waals surface area contributed by atoms with Crippen molar-refractivity contribution < 1.29 is 0 Å². The van der Waals surface area contributed by atoms with Gasteiger partial charge in [-0.2, -0.15) is 0 Å². The van der Waals surface area contributed by atoms with Crippen LogP contribution in [0.15, 0.2) is 23.8 Å². The molecule has 0 radical (unpaired) electrons. The molecule has 2 aliphatic rings. The molecule has 1 unspecified atom stereocenters. The maximum atomic E-state index is 4.19. The second-order valence-corrected chi connectivity index (χ2v) is 5.80. The Bertz CT molecular complexity index is 284. The molecule has 15 heavy (non-hydrogen) atoms. The van der Waals surface area contributed by atoms with Crippen molar-refractivity contribution >= 4 is 0 Å². The molecule has 84 valence electrons. The van der Waals surface area contributed by atoms with Crippen LogP contribution in [0.5, 0.6) is 0 Å². The third-order valence-electron chi connectivity index (χ3n) is 4.60. The van der Waals surface area contributed by atoms with Gasteiger partial charge in [0.1, 0.15) is 0 Å². The zero-order valence-electron chi connectivity index (χ0n) is 10.4. The first-order chi connectivity index (χ1) is 7.09. The first-order valence-electron chi connectivity index (χ1n) is 6.42. The molecular formula is C15H24. The topological polar surface area (TPSA) is 0 Å². The van der Waals surface area contributed by atoms with E-state index in [1.165, 1.54) is 31.3 Å². The summed E-state index contributed by atoms with van der Waals surface area (Å²) in [5, 5.41) is 0. The third-order valence-corrected chi connectivity index (χ3v) is 4.60. The quantitative estimate of drug-likeness (QED) is 0.548. The highest BCUT2D eigenvalue weighted by molar-refractivity contribution is 5.15. The van der Waals surface area contributed by atoms with Gasteiger partial charge in [0.25, 0.3) is 0 Å². The molecule has 0 saturated heterocycles. The first-order valence-corrected chi connectivity index (χ1v) is 6.42. The fourth-order valence-corrected chi connectivity index (χ4v) is 3.62. The predicted octanol–water partition coefficient (Wildman–Crippen LogP) is 4.58. The lowest BCUT2D eigenvalue weighted by Gasteiger charge is -2.44. The Kier molecular flexibility index (Phi) is 3.04. The summed E-state index contributed by atoms with van der Waals surface area (Å²) in [5.41, 5.74) is 3.01. The summed E-state index contributed by atoms with van der Waals surface area (Å²) in [6, 6.07) is 0. The van der Waals surface area contributed by atoms with Gasteiger partial charge in [-0.3, -0.25) is 0 Å². The summed E-state index contributed by atoms with van der Waals surface area (Å²) in [6.07, 6.45) is 8.07. The number of allylic oxidation sites excluding steroid dienone is 3. The van der Waals surface area contributed by atoms with Crippen LogP contribution in [0.3, 0.4) is 0 Å². The van der Waals surface area contributed by atoms with Crippen LogP contribution in [0.2, 0.25) is 0 Å². The summed E-state index contributed by atoms with van der Waals surface area (Å²) in [6.45, 7) is 11.2. The molecule has 2 rings (SSSR count). The van der Waals surface area contributed by atoms with E-state index in [-0.39, 0.29) is 0 Å². The van der Waals surface area contributed by atoms with Gasteiger partial charge in [0, 0.05) is 0 Å². The fourth-order valence-electron chi connectivity index (χ4n) is 3.62. The predicted molar refractivity (Wildman–Crippen MR) is 66.7 cm³/mol. The average molecular weight is 204 g/mol. The summed E-state index contributed by atoms with van der Waals surface area (Å²) < 4.78 is 0. The van der Waals surface area contributed by atoms with Crippen LogP contribution >= 0.6 is 0 Å². The van der Waals surface area contributed by atoms with Gasteiger partial charge in [0.15, 0.2) is 0 Å². The van der Waals surface area contributed by atoms with Crippen LogP contribution in [0.25, 0.3) is 0 Å². The molecule has 0 aromatic carbocycles. The van der Waals surface area contributed by atoms with E-state index in [0.29, 0.717) is 0 Å². The Balaban J connectivity index is 2.24. The monoisotopic (exact) mass is 204 g/mol. The Morgan fingerprint density at radius 2 is 2.07 bits per heavy atom. The molecule has 0 N–H and O–H groups in total. The van der Waals surface area contributed by atoms with Crippen molar-refractivity contribution in [3.63, 3.8) is 0 Å². The van der Waals surface area contributed by atoms with Gasteiger partial charge in [-0.25, -0.2) is 0 Å². The van der Waals surface area contributed by atoms with Gasteiger partial charge in [-0.1, -0.05) is 30.7 Å². The van der Waals surface area contributed by atoms with E-state index in [1.54, 1.807) is 5.57 Å². The van der Waals surface area contributed by atoms with Crippen LogP contribution < -0.4 is 0 Å². The molecule has 1 saturated carbocycles. The Labute approximate surface area is 94.5 Å². The average Bonchev–Trinajstić information content (AvgIpc) is 2.17. The van der Waals surface area contributed by atoms with E-state index in [9.17, 15) is 0 Å². The third kappa shape index (κ3) is 2.04. The van der Waals surface area contributed by atoms with E-state index >= 15 is 0 Å². The van der Waals surface area contributed by atoms with Crippen molar-refractivity contribution in [2.75, 3.05) is 0 Å². The largest absolute Gasteiger partial charge is 0.0998 e. The fraction of sp³-hybridized carbons (Fsp3) is 0.733. The molecule has 0 aromatic rings. The minimum absolute atomic E-state index is 0.765. The lowest BCUT2D eigenvalue weighted by atomic mass is 9.61. The SMILES string of the molecule is C=C(C)[C@H]1CCC(C)[C@H]2CCC(C)=C[C@H]12. The zero-order valence-corrected chi connectivity index (χ0v) is 10.4. The van der Waals surface area contributed by atoms with Gasteiger partial charge in [0.2, 0.25) is 0 Å². The summed E-state index contributed by atoms with van der Waals surface area (Å²) in [4.78, 5) is 0. The molecule has 0 nitrogen and oxygen atoms in total. The molecule has 0 bridgehead atoms. The summed E-state index contributed by atoms with van der Waals surface area (Å²) in [5.74, 6) is 3.43. The normalized spacial score (nSPS) is 40.6. The van der Waals surface area contributed by atoms with Gasteiger partial charge in [-0.15, -0.1) is 0 Å². The van der Waals surface area contributed by atoms with Crippen LogP contribution in [0.1, 0.15) is 46.5 Å². The second kappa shape index (κ2) is 4.15. The van der Waals surface area contributed by atoms with Gasteiger partial charge >= 0.3 is 0 Å². The first kappa shape index (κ1) is 11.0. The molecular weight excluding hydrogens is 180 g/mol. The van der Waals surface area contributed by atoms with Crippen molar-refractivity contribution in [2.45, 2.75) is 46.5 Å². The number of hydrogen-bond donors (Lipinski definition) is 0. The highest BCUT2D eigenvalue weighted by Crippen LogP contribution is 2.47. The number of rotatable bonds is 1. The molecule has 0 heterocycles. The molecule has 0 aromatic heterocycles. The van der Waals surface area contributed by atoms with Crippen molar-refractivity contribution in [3.8, 4) is 0 Å². The van der Waals surface area contributed by atoms with Crippen LogP contribution in [-0.4, -0.2) is 0 Å². The molecule has 1 fully saturated rings. The number of fused-ring (bicyclic) bond motifs is 1. The summed E-state index contributed by atoms with van der Waals surface area (Å²) in [7, 11) is 0. The molecule has 0 amide bonds. The van der Waals surface area contributed by atoms with E-state index in [1.807, 2.05) is 0 Å². The smallest absolute Gasteiger partial charge is 0.0134 e. The van der Waals surface area contributed by atoms with Crippen LogP contribution in [-0.2, 0) is 0 Å². The highest BCUT2D eigenvalue weighted by Gasteiger charge is 2.37.